The maximum atomic E-state index is 11.8. The Morgan fingerprint density at radius 2 is 1.91 bits per heavy atom. The van der Waals surface area contributed by atoms with Gasteiger partial charge in [-0.15, -0.1) is 23.1 Å². The Labute approximate surface area is 138 Å². The predicted octanol–water partition coefficient (Wildman–Crippen LogP) is 2.11. The first-order valence-electron chi connectivity index (χ1n) is 6.42. The third-order valence-electron chi connectivity index (χ3n) is 2.77. The molecule has 0 aliphatic heterocycles. The highest BCUT2D eigenvalue weighted by molar-refractivity contribution is 8.00. The van der Waals surface area contributed by atoms with Crippen molar-refractivity contribution in [3.05, 3.63) is 46.8 Å². The van der Waals surface area contributed by atoms with Gasteiger partial charge >= 0.3 is 0 Å². The number of primary sulfonamides is 1. The molecule has 0 fully saturated rings. The molecule has 0 aliphatic rings. The molecule has 0 spiro atoms. The van der Waals surface area contributed by atoms with E-state index in [4.69, 9.17) is 5.14 Å². The summed E-state index contributed by atoms with van der Waals surface area (Å²) in [7, 11) is -3.67. The number of thioether (sulfide) groups is 1. The first kappa shape index (κ1) is 17.0. The lowest BCUT2D eigenvalue weighted by atomic mass is 10.2. The van der Waals surface area contributed by atoms with E-state index in [0.29, 0.717) is 12.3 Å². The van der Waals surface area contributed by atoms with Crippen LogP contribution in [0.5, 0.6) is 0 Å². The number of carbonyl (C=O) groups excluding carboxylic acids is 1. The highest BCUT2D eigenvalue weighted by Gasteiger charge is 2.11. The lowest BCUT2D eigenvalue weighted by molar-refractivity contribution is -0.118. The van der Waals surface area contributed by atoms with E-state index >= 15 is 0 Å². The number of sulfonamides is 1. The number of carbonyl (C=O) groups is 1. The maximum absolute atomic E-state index is 11.8. The summed E-state index contributed by atoms with van der Waals surface area (Å²) in [5.74, 6) is 0.215. The number of nitrogens with two attached hydrogens (primary N) is 1. The van der Waals surface area contributed by atoms with Gasteiger partial charge in [-0.2, -0.15) is 0 Å². The van der Waals surface area contributed by atoms with Crippen LogP contribution in [-0.2, 0) is 21.4 Å². The van der Waals surface area contributed by atoms with Crippen LogP contribution >= 0.6 is 23.1 Å². The van der Waals surface area contributed by atoms with Gasteiger partial charge < -0.3 is 5.32 Å². The molecule has 1 amide bonds. The number of nitrogens with one attached hydrogen (secondary N) is 1. The fourth-order valence-corrected chi connectivity index (χ4v) is 4.07. The summed E-state index contributed by atoms with van der Waals surface area (Å²) in [5.41, 5.74) is 1.18. The Morgan fingerprint density at radius 1 is 1.23 bits per heavy atom. The van der Waals surface area contributed by atoms with E-state index in [1.807, 2.05) is 31.2 Å². The minimum atomic E-state index is -3.67. The van der Waals surface area contributed by atoms with E-state index in [1.165, 1.54) is 23.4 Å². The van der Waals surface area contributed by atoms with Crippen LogP contribution in [0.3, 0.4) is 0 Å². The average Bonchev–Trinajstić information content (AvgIpc) is 2.93. The molecule has 0 unspecified atom stereocenters. The predicted molar refractivity (Wildman–Crippen MR) is 89.4 cm³/mol. The van der Waals surface area contributed by atoms with Gasteiger partial charge in [-0.1, -0.05) is 17.7 Å². The number of aryl methyl sites for hydroxylation is 1. The van der Waals surface area contributed by atoms with Gasteiger partial charge in [-0.25, -0.2) is 13.6 Å². The largest absolute Gasteiger partial charge is 0.350 e. The minimum Gasteiger partial charge on any atom is -0.350 e. The van der Waals surface area contributed by atoms with Gasteiger partial charge in [0.15, 0.2) is 0 Å². The van der Waals surface area contributed by atoms with Gasteiger partial charge in [0.1, 0.15) is 4.21 Å². The van der Waals surface area contributed by atoms with Crippen LogP contribution in [0.2, 0.25) is 0 Å². The third kappa shape index (κ3) is 5.13. The summed E-state index contributed by atoms with van der Waals surface area (Å²) in [5, 5.41) is 7.80. The summed E-state index contributed by atoms with van der Waals surface area (Å²) in [6.45, 7) is 2.31. The van der Waals surface area contributed by atoms with Crippen LogP contribution < -0.4 is 10.5 Å². The fourth-order valence-electron chi connectivity index (χ4n) is 1.63. The normalized spacial score (nSPS) is 11.4. The number of benzene rings is 1. The van der Waals surface area contributed by atoms with E-state index in [2.05, 4.69) is 5.32 Å². The van der Waals surface area contributed by atoms with E-state index < -0.39 is 10.0 Å². The van der Waals surface area contributed by atoms with Crippen LogP contribution in [0, 0.1) is 6.92 Å². The van der Waals surface area contributed by atoms with E-state index in [-0.39, 0.29) is 10.1 Å². The van der Waals surface area contributed by atoms with Crippen LogP contribution in [0.1, 0.15) is 10.4 Å². The first-order chi connectivity index (χ1) is 10.3. The third-order valence-corrected chi connectivity index (χ3v) is 6.30. The van der Waals surface area contributed by atoms with Crippen molar-refractivity contribution in [3.63, 3.8) is 0 Å². The molecule has 3 N–H and O–H groups in total. The molecular weight excluding hydrogens is 340 g/mol. The Bertz CT molecular complexity index is 752. The molecule has 1 aromatic heterocycles. The van der Waals surface area contributed by atoms with Crippen molar-refractivity contribution in [1.82, 2.24) is 5.32 Å². The lowest BCUT2D eigenvalue weighted by Gasteiger charge is -2.04. The van der Waals surface area contributed by atoms with Crippen molar-refractivity contribution in [2.45, 2.75) is 22.6 Å². The number of hydrogen-bond donors (Lipinski definition) is 2. The second-order valence-electron chi connectivity index (χ2n) is 4.64. The number of hydrogen-bond acceptors (Lipinski definition) is 5. The molecule has 118 valence electrons. The average molecular weight is 356 g/mol. The molecule has 0 bridgehead atoms. The standard InChI is InChI=1S/C14H16N2O3S3/c1-10-2-4-11(5-3-10)20-9-13(17)16-8-12-6-7-14(21-12)22(15,18)19/h2-7H,8-9H2,1H3,(H,16,17)(H2,15,18,19). The molecule has 1 heterocycles. The van der Waals surface area contributed by atoms with Gasteiger partial charge in [-0.05, 0) is 31.2 Å². The molecule has 2 rings (SSSR count). The van der Waals surface area contributed by atoms with Gasteiger partial charge in [0.25, 0.3) is 0 Å². The zero-order chi connectivity index (χ0) is 16.2. The second-order valence-corrected chi connectivity index (χ2v) is 8.65. The van der Waals surface area contributed by atoms with Crippen LogP contribution in [0.15, 0.2) is 45.5 Å². The minimum absolute atomic E-state index is 0.101. The Balaban J connectivity index is 1.80. The van der Waals surface area contributed by atoms with Crippen LogP contribution in [0.25, 0.3) is 0 Å². The number of amides is 1. The van der Waals surface area contributed by atoms with Crippen molar-refractivity contribution in [2.75, 3.05) is 5.75 Å². The quantitative estimate of drug-likeness (QED) is 0.776. The summed E-state index contributed by atoms with van der Waals surface area (Å²) < 4.78 is 22.4. The van der Waals surface area contributed by atoms with Gasteiger partial charge in [0.05, 0.1) is 12.3 Å². The molecular formula is C14H16N2O3S3. The molecule has 1 aromatic carbocycles. The van der Waals surface area contributed by atoms with Gasteiger partial charge in [-0.3, -0.25) is 4.79 Å². The summed E-state index contributed by atoms with van der Waals surface area (Å²) in [4.78, 5) is 13.6. The maximum Gasteiger partial charge on any atom is 0.247 e. The zero-order valence-electron chi connectivity index (χ0n) is 11.9. The molecule has 0 radical (unpaired) electrons. The zero-order valence-corrected chi connectivity index (χ0v) is 14.4. The molecule has 22 heavy (non-hydrogen) atoms. The van der Waals surface area contributed by atoms with Crippen LogP contribution in [0.4, 0.5) is 0 Å². The van der Waals surface area contributed by atoms with E-state index in [1.54, 1.807) is 6.07 Å². The molecule has 0 saturated carbocycles. The van der Waals surface area contributed by atoms with E-state index in [0.717, 1.165) is 21.1 Å². The lowest BCUT2D eigenvalue weighted by Crippen LogP contribution is -2.24. The van der Waals surface area contributed by atoms with Gasteiger partial charge in [0.2, 0.25) is 15.9 Å². The Kier molecular flexibility index (Phi) is 5.63. The topological polar surface area (TPSA) is 89.3 Å². The monoisotopic (exact) mass is 356 g/mol. The highest BCUT2D eigenvalue weighted by Crippen LogP contribution is 2.20. The molecule has 8 heteroatoms. The van der Waals surface area contributed by atoms with Crippen LogP contribution in [-0.4, -0.2) is 20.1 Å². The Hall–Kier alpha value is -1.35. The fraction of sp³-hybridized carbons (Fsp3) is 0.214. The SMILES string of the molecule is Cc1ccc(SCC(=O)NCc2ccc(S(N)(=O)=O)s2)cc1. The molecule has 0 saturated heterocycles. The number of rotatable bonds is 6. The number of thiophene rings is 1. The highest BCUT2D eigenvalue weighted by atomic mass is 32.2. The molecule has 5 nitrogen and oxygen atoms in total. The summed E-state index contributed by atoms with van der Waals surface area (Å²) in [6.07, 6.45) is 0. The van der Waals surface area contributed by atoms with Crippen molar-refractivity contribution in [3.8, 4) is 0 Å². The van der Waals surface area contributed by atoms with Gasteiger partial charge in [0, 0.05) is 9.77 Å². The second kappa shape index (κ2) is 7.28. The van der Waals surface area contributed by atoms with Crippen molar-refractivity contribution in [2.24, 2.45) is 5.14 Å². The summed E-state index contributed by atoms with van der Waals surface area (Å²) >= 11 is 2.52. The first-order valence-corrected chi connectivity index (χ1v) is 9.77. The Morgan fingerprint density at radius 3 is 2.50 bits per heavy atom. The molecule has 2 aromatic rings. The van der Waals surface area contributed by atoms with E-state index in [9.17, 15) is 13.2 Å². The van der Waals surface area contributed by atoms with Crippen molar-refractivity contribution >= 4 is 39.0 Å². The van der Waals surface area contributed by atoms with Crippen molar-refractivity contribution < 1.29 is 13.2 Å². The van der Waals surface area contributed by atoms with Crippen molar-refractivity contribution in [1.29, 1.82) is 0 Å². The molecule has 0 aliphatic carbocycles. The summed E-state index contributed by atoms with van der Waals surface area (Å²) in [6, 6.07) is 11.1. The smallest absolute Gasteiger partial charge is 0.247 e. The molecule has 0 atom stereocenters.